The molecule has 1 heterocycles. The maximum atomic E-state index is 10.8. The maximum Gasteiger partial charge on any atom is 0.371 e. The van der Waals surface area contributed by atoms with Gasteiger partial charge in [-0.25, -0.2) is 4.79 Å². The van der Waals surface area contributed by atoms with Gasteiger partial charge in [-0.1, -0.05) is 0 Å². The fourth-order valence-corrected chi connectivity index (χ4v) is 1.92. The Bertz CT molecular complexity index is 614. The molecule has 0 radical (unpaired) electrons. The van der Waals surface area contributed by atoms with E-state index >= 15 is 0 Å². The van der Waals surface area contributed by atoms with Crippen LogP contribution in [-0.2, 0) is 6.54 Å². The van der Waals surface area contributed by atoms with Gasteiger partial charge in [-0.3, -0.25) is 0 Å². The average molecular weight is 289 g/mol. The molecule has 0 saturated carbocycles. The van der Waals surface area contributed by atoms with Crippen LogP contribution in [0.25, 0.3) is 0 Å². The van der Waals surface area contributed by atoms with E-state index in [4.69, 9.17) is 14.3 Å². The van der Waals surface area contributed by atoms with Gasteiger partial charge in [-0.2, -0.15) is 0 Å². The number of nitrogens with one attached hydrogen (secondary N) is 1. The van der Waals surface area contributed by atoms with E-state index in [1.165, 1.54) is 0 Å². The number of carboxylic acid groups (broad SMARTS) is 1. The minimum absolute atomic E-state index is 0.0371. The molecule has 0 amide bonds. The average Bonchev–Trinajstić information content (AvgIpc) is 2.79. The topological polar surface area (TPSA) is 71.7 Å². The van der Waals surface area contributed by atoms with E-state index < -0.39 is 5.97 Å². The summed E-state index contributed by atoms with van der Waals surface area (Å²) in [6.45, 7) is 6.22. The first-order valence-corrected chi connectivity index (χ1v) is 6.79. The molecule has 1 aromatic heterocycles. The second-order valence-corrected chi connectivity index (χ2v) is 5.04. The normalized spacial score (nSPS) is 10.7. The van der Waals surface area contributed by atoms with Gasteiger partial charge in [-0.15, -0.1) is 0 Å². The Hall–Kier alpha value is -2.43. The number of carboxylic acids is 1. The molecule has 1 aromatic carbocycles. The van der Waals surface area contributed by atoms with E-state index in [0.717, 1.165) is 17.0 Å². The van der Waals surface area contributed by atoms with Gasteiger partial charge in [0.1, 0.15) is 11.5 Å². The van der Waals surface area contributed by atoms with Crippen LogP contribution in [0.15, 0.2) is 34.7 Å². The van der Waals surface area contributed by atoms with Crippen molar-refractivity contribution in [2.75, 3.05) is 5.32 Å². The third-order valence-corrected chi connectivity index (χ3v) is 2.94. The van der Waals surface area contributed by atoms with Crippen LogP contribution >= 0.6 is 0 Å². The fraction of sp³-hybridized carbons (Fsp3) is 0.312. The first-order valence-electron chi connectivity index (χ1n) is 6.79. The molecule has 5 nitrogen and oxygen atoms in total. The van der Waals surface area contributed by atoms with E-state index in [-0.39, 0.29) is 11.9 Å². The first-order chi connectivity index (χ1) is 9.95. The van der Waals surface area contributed by atoms with Crippen molar-refractivity contribution in [2.24, 2.45) is 0 Å². The summed E-state index contributed by atoms with van der Waals surface area (Å²) in [5.41, 5.74) is 1.76. The van der Waals surface area contributed by atoms with Crippen LogP contribution in [0.3, 0.4) is 0 Å². The van der Waals surface area contributed by atoms with E-state index in [9.17, 15) is 4.79 Å². The minimum Gasteiger partial charge on any atom is -0.491 e. The predicted octanol–water partition coefficient (Wildman–Crippen LogP) is 3.69. The summed E-state index contributed by atoms with van der Waals surface area (Å²) in [4.78, 5) is 10.8. The molecule has 21 heavy (non-hydrogen) atoms. The SMILES string of the molecule is Cc1oc(C(=O)O)cc1CNc1ccc(OC(C)C)cc1. The molecular formula is C16H19NO4. The monoisotopic (exact) mass is 289 g/mol. The number of aromatic carboxylic acids is 1. The van der Waals surface area contributed by atoms with Crippen molar-refractivity contribution in [3.05, 3.63) is 47.4 Å². The lowest BCUT2D eigenvalue weighted by molar-refractivity contribution is 0.0661. The number of benzene rings is 1. The van der Waals surface area contributed by atoms with Crippen molar-refractivity contribution < 1.29 is 19.1 Å². The number of ether oxygens (including phenoxy) is 1. The highest BCUT2D eigenvalue weighted by atomic mass is 16.5. The summed E-state index contributed by atoms with van der Waals surface area (Å²) < 4.78 is 10.7. The minimum atomic E-state index is -1.06. The molecule has 0 bridgehead atoms. The van der Waals surface area contributed by atoms with Crippen LogP contribution in [0, 0.1) is 6.92 Å². The van der Waals surface area contributed by atoms with Crippen LogP contribution in [0.2, 0.25) is 0 Å². The van der Waals surface area contributed by atoms with E-state index in [1.54, 1.807) is 13.0 Å². The van der Waals surface area contributed by atoms with E-state index in [0.29, 0.717) is 12.3 Å². The summed E-state index contributed by atoms with van der Waals surface area (Å²) in [5, 5.41) is 12.1. The molecule has 112 valence electrons. The Morgan fingerprint density at radius 3 is 2.52 bits per heavy atom. The fourth-order valence-electron chi connectivity index (χ4n) is 1.92. The first kappa shape index (κ1) is 15.0. The molecule has 2 rings (SSSR count). The molecular weight excluding hydrogens is 270 g/mol. The number of hydrogen-bond acceptors (Lipinski definition) is 4. The van der Waals surface area contributed by atoms with Crippen LogP contribution in [-0.4, -0.2) is 17.2 Å². The lowest BCUT2D eigenvalue weighted by Gasteiger charge is -2.11. The van der Waals surface area contributed by atoms with Crippen LogP contribution in [0.1, 0.15) is 35.7 Å². The Morgan fingerprint density at radius 1 is 1.33 bits per heavy atom. The highest BCUT2D eigenvalue weighted by Crippen LogP contribution is 2.19. The van der Waals surface area contributed by atoms with Gasteiger partial charge >= 0.3 is 5.97 Å². The second-order valence-electron chi connectivity index (χ2n) is 5.04. The highest BCUT2D eigenvalue weighted by Gasteiger charge is 2.12. The lowest BCUT2D eigenvalue weighted by Crippen LogP contribution is -2.05. The number of carbonyl (C=O) groups is 1. The molecule has 0 fully saturated rings. The summed E-state index contributed by atoms with van der Waals surface area (Å²) in [6.07, 6.45) is 0.145. The molecule has 2 N–H and O–H groups in total. The standard InChI is InChI=1S/C16H19NO4/c1-10(2)20-14-6-4-13(5-7-14)17-9-12-8-15(16(18)19)21-11(12)3/h4-8,10,17H,9H2,1-3H3,(H,18,19). The number of aryl methyl sites for hydroxylation is 1. The number of furan rings is 1. The second kappa shape index (κ2) is 6.35. The van der Waals surface area contributed by atoms with Crippen molar-refractivity contribution in [1.82, 2.24) is 0 Å². The van der Waals surface area contributed by atoms with Crippen molar-refractivity contribution in [2.45, 2.75) is 33.4 Å². The zero-order valence-electron chi connectivity index (χ0n) is 12.3. The predicted molar refractivity (Wildman–Crippen MR) is 79.9 cm³/mol. The Balaban J connectivity index is 1.98. The largest absolute Gasteiger partial charge is 0.491 e. The van der Waals surface area contributed by atoms with Crippen molar-refractivity contribution in [3.63, 3.8) is 0 Å². The summed E-state index contributed by atoms with van der Waals surface area (Å²) >= 11 is 0. The summed E-state index contributed by atoms with van der Waals surface area (Å²) in [7, 11) is 0. The Kier molecular flexibility index (Phi) is 4.52. The third-order valence-electron chi connectivity index (χ3n) is 2.94. The zero-order chi connectivity index (χ0) is 15.4. The van der Waals surface area contributed by atoms with Crippen molar-refractivity contribution in [3.8, 4) is 5.75 Å². The van der Waals surface area contributed by atoms with Gasteiger partial charge in [0.15, 0.2) is 0 Å². The summed E-state index contributed by atoms with van der Waals surface area (Å²) in [6, 6.07) is 9.18. The van der Waals surface area contributed by atoms with E-state index in [2.05, 4.69) is 5.32 Å². The van der Waals surface area contributed by atoms with Gasteiger partial charge in [-0.05, 0) is 51.1 Å². The third kappa shape index (κ3) is 4.02. The molecule has 0 unspecified atom stereocenters. The maximum absolute atomic E-state index is 10.8. The van der Waals surface area contributed by atoms with Crippen LogP contribution in [0.5, 0.6) is 5.75 Å². The van der Waals surface area contributed by atoms with Crippen molar-refractivity contribution >= 4 is 11.7 Å². The van der Waals surface area contributed by atoms with Gasteiger partial charge in [0.25, 0.3) is 0 Å². The molecule has 2 aromatic rings. The van der Waals surface area contributed by atoms with Gasteiger partial charge < -0.3 is 19.6 Å². The molecule has 0 aliphatic carbocycles. The number of hydrogen-bond donors (Lipinski definition) is 2. The van der Waals surface area contributed by atoms with Crippen LogP contribution < -0.4 is 10.1 Å². The van der Waals surface area contributed by atoms with Gasteiger partial charge in [0.05, 0.1) is 6.10 Å². The van der Waals surface area contributed by atoms with Crippen molar-refractivity contribution in [1.29, 1.82) is 0 Å². The summed E-state index contributed by atoms with van der Waals surface area (Å²) in [5.74, 6) is 0.340. The molecule has 5 heteroatoms. The van der Waals surface area contributed by atoms with Crippen LogP contribution in [0.4, 0.5) is 5.69 Å². The van der Waals surface area contributed by atoms with E-state index in [1.807, 2.05) is 38.1 Å². The van der Waals surface area contributed by atoms with Gasteiger partial charge in [0, 0.05) is 17.8 Å². The zero-order valence-corrected chi connectivity index (χ0v) is 12.3. The molecule has 0 spiro atoms. The molecule has 0 aliphatic heterocycles. The smallest absolute Gasteiger partial charge is 0.371 e. The molecule has 0 atom stereocenters. The highest BCUT2D eigenvalue weighted by molar-refractivity contribution is 5.84. The number of anilines is 1. The lowest BCUT2D eigenvalue weighted by atomic mass is 10.2. The molecule has 0 aliphatic rings. The molecule has 0 saturated heterocycles. The number of rotatable bonds is 6. The quantitative estimate of drug-likeness (QED) is 0.848. The Morgan fingerprint density at radius 2 is 2.00 bits per heavy atom. The van der Waals surface area contributed by atoms with Gasteiger partial charge in [0.2, 0.25) is 5.76 Å². The Labute approximate surface area is 123 Å².